The number of nitrogens with zero attached hydrogens (tertiary/aromatic N) is 3. The molecule has 3 aromatic rings. The lowest BCUT2D eigenvalue weighted by Gasteiger charge is -2.30. The summed E-state index contributed by atoms with van der Waals surface area (Å²) in [5.41, 5.74) is 2.27. The number of benzene rings is 1. The van der Waals surface area contributed by atoms with Crippen molar-refractivity contribution in [3.05, 3.63) is 64.2 Å². The van der Waals surface area contributed by atoms with Crippen molar-refractivity contribution in [2.75, 3.05) is 18.4 Å². The molecule has 0 radical (unpaired) electrons. The molecule has 1 fully saturated rings. The first-order valence-electron chi connectivity index (χ1n) is 9.32. The number of hydrogen-bond acceptors (Lipinski definition) is 5. The summed E-state index contributed by atoms with van der Waals surface area (Å²) in [6, 6.07) is 14.0. The predicted molar refractivity (Wildman–Crippen MR) is 116 cm³/mol. The van der Waals surface area contributed by atoms with Crippen molar-refractivity contribution in [1.82, 2.24) is 14.9 Å². The van der Waals surface area contributed by atoms with Crippen molar-refractivity contribution in [3.8, 4) is 10.6 Å². The van der Waals surface area contributed by atoms with E-state index in [1.807, 2.05) is 30.3 Å². The highest BCUT2D eigenvalue weighted by atomic mass is 79.9. The average Bonchev–Trinajstić information content (AvgIpc) is 3.19. The molecule has 2 aromatic heterocycles. The Balaban J connectivity index is 1.28. The number of likely N-dealkylation sites (tertiary alicyclic amines) is 1. The maximum Gasteiger partial charge on any atom is 0.228 e. The number of amides is 1. The Kier molecular flexibility index (Phi) is 6.14. The second kappa shape index (κ2) is 8.94. The Labute approximate surface area is 177 Å². The van der Waals surface area contributed by atoms with Crippen LogP contribution in [0.3, 0.4) is 0 Å². The highest BCUT2D eigenvalue weighted by Gasteiger charge is 2.25. The second-order valence-corrected chi connectivity index (χ2v) is 8.69. The van der Waals surface area contributed by atoms with E-state index >= 15 is 0 Å². The molecule has 0 saturated carbocycles. The lowest BCUT2D eigenvalue weighted by molar-refractivity contribution is -0.121. The van der Waals surface area contributed by atoms with Crippen LogP contribution in [0.25, 0.3) is 10.6 Å². The van der Waals surface area contributed by atoms with Crippen molar-refractivity contribution in [3.63, 3.8) is 0 Å². The molecule has 0 aliphatic carbocycles. The van der Waals surface area contributed by atoms with Gasteiger partial charge in [-0.15, -0.1) is 11.3 Å². The Bertz CT molecular complexity index is 921. The average molecular weight is 457 g/mol. The third kappa shape index (κ3) is 4.84. The van der Waals surface area contributed by atoms with Crippen LogP contribution in [0.4, 0.5) is 5.82 Å². The fraction of sp³-hybridized carbons (Fsp3) is 0.286. The van der Waals surface area contributed by atoms with E-state index < -0.39 is 0 Å². The van der Waals surface area contributed by atoms with Gasteiger partial charge in [-0.05, 0) is 54.0 Å². The van der Waals surface area contributed by atoms with Crippen LogP contribution >= 0.6 is 27.3 Å². The van der Waals surface area contributed by atoms with Crippen molar-refractivity contribution < 1.29 is 4.79 Å². The van der Waals surface area contributed by atoms with Gasteiger partial charge in [-0.3, -0.25) is 9.69 Å². The molecule has 1 N–H and O–H groups in total. The van der Waals surface area contributed by atoms with Gasteiger partial charge in [0.2, 0.25) is 5.91 Å². The van der Waals surface area contributed by atoms with Crippen LogP contribution < -0.4 is 5.32 Å². The van der Waals surface area contributed by atoms with Crippen molar-refractivity contribution >= 4 is 39.0 Å². The molecule has 1 amide bonds. The summed E-state index contributed by atoms with van der Waals surface area (Å²) in [6.45, 7) is 2.65. The quantitative estimate of drug-likeness (QED) is 0.597. The van der Waals surface area contributed by atoms with Gasteiger partial charge >= 0.3 is 0 Å². The molecular formula is C21H21BrN4OS. The largest absolute Gasteiger partial charge is 0.310 e. The maximum absolute atomic E-state index is 12.5. The first-order valence-corrected chi connectivity index (χ1v) is 11.0. The topological polar surface area (TPSA) is 58.1 Å². The Hall–Kier alpha value is -2.09. The van der Waals surface area contributed by atoms with E-state index in [9.17, 15) is 4.79 Å². The van der Waals surface area contributed by atoms with Crippen molar-refractivity contribution in [1.29, 1.82) is 0 Å². The maximum atomic E-state index is 12.5. The van der Waals surface area contributed by atoms with E-state index in [1.54, 1.807) is 17.5 Å². The molecule has 28 heavy (non-hydrogen) atoms. The van der Waals surface area contributed by atoms with E-state index in [4.69, 9.17) is 4.98 Å². The third-order valence-corrected chi connectivity index (χ3v) is 6.30. The third-order valence-electron chi connectivity index (χ3n) is 4.90. The fourth-order valence-corrected chi connectivity index (χ4v) is 4.40. The molecule has 5 nitrogen and oxygen atoms in total. The zero-order chi connectivity index (χ0) is 19.3. The molecule has 3 heterocycles. The van der Waals surface area contributed by atoms with E-state index in [2.05, 4.69) is 48.6 Å². The number of anilines is 1. The van der Waals surface area contributed by atoms with Gasteiger partial charge in [-0.2, -0.15) is 0 Å². The van der Waals surface area contributed by atoms with Crippen molar-refractivity contribution in [2.24, 2.45) is 5.92 Å². The van der Waals surface area contributed by atoms with Gasteiger partial charge in [0.25, 0.3) is 0 Å². The van der Waals surface area contributed by atoms with E-state index in [0.717, 1.165) is 53.2 Å². The lowest BCUT2D eigenvalue weighted by Crippen LogP contribution is -2.37. The van der Waals surface area contributed by atoms with Gasteiger partial charge < -0.3 is 5.32 Å². The number of nitrogens with one attached hydrogen (secondary N) is 1. The first kappa shape index (κ1) is 19.2. The molecule has 0 bridgehead atoms. The smallest absolute Gasteiger partial charge is 0.228 e. The van der Waals surface area contributed by atoms with Gasteiger partial charge in [0, 0.05) is 34.1 Å². The van der Waals surface area contributed by atoms with E-state index in [0.29, 0.717) is 5.82 Å². The number of piperidine rings is 1. The summed E-state index contributed by atoms with van der Waals surface area (Å²) < 4.78 is 0.899. The molecule has 0 atom stereocenters. The van der Waals surface area contributed by atoms with Gasteiger partial charge in [0.1, 0.15) is 10.8 Å². The summed E-state index contributed by atoms with van der Waals surface area (Å²) in [7, 11) is 0. The van der Waals surface area contributed by atoms with Crippen LogP contribution in [-0.2, 0) is 11.3 Å². The van der Waals surface area contributed by atoms with Crippen molar-refractivity contribution in [2.45, 2.75) is 19.4 Å². The number of pyridine rings is 1. The molecule has 1 aromatic carbocycles. The lowest BCUT2D eigenvalue weighted by atomic mass is 9.96. The minimum absolute atomic E-state index is 0.0389. The minimum atomic E-state index is 0.0389. The molecular weight excluding hydrogens is 436 g/mol. The molecule has 1 aliphatic heterocycles. The molecule has 144 valence electrons. The Morgan fingerprint density at radius 1 is 1.18 bits per heavy atom. The summed E-state index contributed by atoms with van der Waals surface area (Å²) in [4.78, 5) is 23.9. The van der Waals surface area contributed by atoms with Crippen LogP contribution in [0.5, 0.6) is 0 Å². The number of aromatic nitrogens is 2. The van der Waals surface area contributed by atoms with Gasteiger partial charge in [-0.1, -0.05) is 30.3 Å². The molecule has 7 heteroatoms. The standard InChI is InChI=1S/C21H21BrN4OS/c22-17-6-7-19(23-12-17)25-20(27)15-8-10-26(11-9-15)13-18-14-28-21(24-18)16-4-2-1-3-5-16/h1-7,12,14-15H,8-11,13H2,(H,23,25,27). The van der Waals surface area contributed by atoms with E-state index in [1.165, 1.54) is 0 Å². The summed E-state index contributed by atoms with van der Waals surface area (Å²) in [5, 5.41) is 6.13. The molecule has 4 rings (SSSR count). The summed E-state index contributed by atoms with van der Waals surface area (Å²) in [5.74, 6) is 0.707. The van der Waals surface area contributed by atoms with Gasteiger partial charge in [0.05, 0.1) is 5.69 Å². The molecule has 1 aliphatic rings. The van der Waals surface area contributed by atoms with Gasteiger partial charge in [-0.25, -0.2) is 9.97 Å². The fourth-order valence-electron chi connectivity index (χ4n) is 3.35. The number of carbonyl (C=O) groups excluding carboxylic acids is 1. The van der Waals surface area contributed by atoms with E-state index in [-0.39, 0.29) is 11.8 Å². The highest BCUT2D eigenvalue weighted by Crippen LogP contribution is 2.25. The number of hydrogen-bond donors (Lipinski definition) is 1. The summed E-state index contributed by atoms with van der Waals surface area (Å²) in [6.07, 6.45) is 3.41. The second-order valence-electron chi connectivity index (χ2n) is 6.91. The number of rotatable bonds is 5. The van der Waals surface area contributed by atoms with Crippen LogP contribution in [0.1, 0.15) is 18.5 Å². The SMILES string of the molecule is O=C(Nc1ccc(Br)cn1)C1CCN(Cc2csc(-c3ccccc3)n2)CC1. The molecule has 0 spiro atoms. The Morgan fingerprint density at radius 2 is 1.96 bits per heavy atom. The monoisotopic (exact) mass is 456 g/mol. The number of thiazole rings is 1. The van der Waals surface area contributed by atoms with Crippen LogP contribution in [0.2, 0.25) is 0 Å². The highest BCUT2D eigenvalue weighted by molar-refractivity contribution is 9.10. The first-order chi connectivity index (χ1) is 13.7. The normalized spacial score (nSPS) is 15.5. The zero-order valence-corrected chi connectivity index (χ0v) is 17.7. The zero-order valence-electron chi connectivity index (χ0n) is 15.3. The molecule has 0 unspecified atom stereocenters. The van der Waals surface area contributed by atoms with Crippen LogP contribution in [-0.4, -0.2) is 33.9 Å². The van der Waals surface area contributed by atoms with Gasteiger partial charge in [0.15, 0.2) is 0 Å². The van der Waals surface area contributed by atoms with Crippen LogP contribution in [0, 0.1) is 5.92 Å². The molecule has 1 saturated heterocycles. The minimum Gasteiger partial charge on any atom is -0.310 e. The predicted octanol–water partition coefficient (Wildman–Crippen LogP) is 4.82. The summed E-state index contributed by atoms with van der Waals surface area (Å²) >= 11 is 5.04. The Morgan fingerprint density at radius 3 is 2.68 bits per heavy atom. The number of carbonyl (C=O) groups is 1. The van der Waals surface area contributed by atoms with Crippen LogP contribution in [0.15, 0.2) is 58.5 Å². The number of halogens is 1.